The van der Waals surface area contributed by atoms with Gasteiger partial charge in [-0.1, -0.05) is 48.5 Å². The molecule has 0 fully saturated rings. The number of aryl methyl sites for hydroxylation is 1. The van der Waals surface area contributed by atoms with Crippen molar-refractivity contribution < 1.29 is 18.8 Å². The largest absolute Gasteiger partial charge is 0.497 e. The number of benzene rings is 4. The topological polar surface area (TPSA) is 47.6 Å². The second-order valence-electron chi connectivity index (χ2n) is 11.8. The van der Waals surface area contributed by atoms with Crippen molar-refractivity contribution in [3.8, 4) is 11.5 Å². The Bertz CT molecular complexity index is 1810. The molecule has 1 aliphatic heterocycles. The fraction of sp³-hybridized carbons (Fsp3) is 0.297. The van der Waals surface area contributed by atoms with E-state index in [0.717, 1.165) is 60.8 Å². The van der Waals surface area contributed by atoms with E-state index in [9.17, 15) is 4.79 Å². The lowest BCUT2D eigenvalue weighted by Gasteiger charge is -2.39. The molecule has 5 aromatic rings. The molecule has 6 heteroatoms. The first-order valence-electron chi connectivity index (χ1n) is 15.2. The van der Waals surface area contributed by atoms with Crippen molar-refractivity contribution in [2.24, 2.45) is 5.92 Å². The summed E-state index contributed by atoms with van der Waals surface area (Å²) in [6, 6.07) is 31.3. The van der Waals surface area contributed by atoms with Gasteiger partial charge in [0.1, 0.15) is 11.5 Å². The Labute approximate surface area is 253 Å². The summed E-state index contributed by atoms with van der Waals surface area (Å²) in [6.45, 7) is 5.25. The van der Waals surface area contributed by atoms with Crippen LogP contribution in [0.25, 0.3) is 11.0 Å². The maximum Gasteiger partial charge on any atom is 0.254 e. The minimum atomic E-state index is 0.0859. The van der Waals surface area contributed by atoms with E-state index in [1.807, 2.05) is 30.3 Å². The Morgan fingerprint density at radius 3 is 2.44 bits per heavy atom. The van der Waals surface area contributed by atoms with Gasteiger partial charge >= 0.3 is 0 Å². The van der Waals surface area contributed by atoms with Crippen LogP contribution in [-0.4, -0.2) is 37.7 Å². The molecule has 0 N–H and O–H groups in total. The van der Waals surface area contributed by atoms with Gasteiger partial charge < -0.3 is 14.4 Å². The van der Waals surface area contributed by atoms with Crippen LogP contribution in [0.2, 0.25) is 0 Å². The highest BCUT2D eigenvalue weighted by Crippen LogP contribution is 2.51. The van der Waals surface area contributed by atoms with E-state index in [4.69, 9.17) is 9.47 Å². The number of hydrogen-bond donors (Lipinski definition) is 0. The highest BCUT2D eigenvalue weighted by molar-refractivity contribution is 5.95. The molecule has 2 heterocycles. The van der Waals surface area contributed by atoms with Gasteiger partial charge in [-0.05, 0) is 71.5 Å². The monoisotopic (exact) mass is 572 g/mol. The summed E-state index contributed by atoms with van der Waals surface area (Å²) in [5.41, 5.74) is 8.52. The third-order valence-corrected chi connectivity index (χ3v) is 9.47. The standard InChI is InChI=1S/C37H38N3O3/c1-25-39(32-13-6-7-14-33(32)40(25)24-34(41)26-16-18-29(42-2)19-17-26)21-9-20-38-23-28-22-27-10-4-5-11-30(27)36(28)31-12-8-15-35(43-3)37(31)38/h4-8,10-19,28,36H,9,20-24H2,1-3H3/q+1/t28-,36+/m0/s1. The Hall–Kier alpha value is -4.58. The van der Waals surface area contributed by atoms with Crippen LogP contribution < -0.4 is 18.9 Å². The number of methoxy groups -OCH3 is 2. The number of fused-ring (bicyclic) bond motifs is 6. The molecule has 43 heavy (non-hydrogen) atoms. The van der Waals surface area contributed by atoms with Gasteiger partial charge in [0.25, 0.3) is 5.82 Å². The molecule has 0 spiro atoms. The van der Waals surface area contributed by atoms with E-state index in [-0.39, 0.29) is 5.78 Å². The molecule has 0 radical (unpaired) electrons. The van der Waals surface area contributed by atoms with Gasteiger partial charge in [-0.15, -0.1) is 0 Å². The molecule has 2 atom stereocenters. The third-order valence-electron chi connectivity index (χ3n) is 9.47. The molecular formula is C37H38N3O3+. The van der Waals surface area contributed by atoms with Crippen molar-refractivity contribution in [1.82, 2.24) is 4.57 Å². The van der Waals surface area contributed by atoms with Crippen LogP contribution in [0.3, 0.4) is 0 Å². The highest BCUT2D eigenvalue weighted by atomic mass is 16.5. The quantitative estimate of drug-likeness (QED) is 0.153. The number of ketones is 1. The molecule has 4 aromatic carbocycles. The minimum Gasteiger partial charge on any atom is -0.497 e. The summed E-state index contributed by atoms with van der Waals surface area (Å²) in [6.07, 6.45) is 2.10. The number of imidazole rings is 1. The predicted molar refractivity (Wildman–Crippen MR) is 169 cm³/mol. The highest BCUT2D eigenvalue weighted by Gasteiger charge is 2.41. The zero-order chi connectivity index (χ0) is 29.5. The molecule has 2 aliphatic rings. The fourth-order valence-electron chi connectivity index (χ4n) is 7.47. The number of hydrogen-bond acceptors (Lipinski definition) is 4. The van der Waals surface area contributed by atoms with Crippen molar-refractivity contribution in [1.29, 1.82) is 0 Å². The van der Waals surface area contributed by atoms with Crippen LogP contribution in [0.1, 0.15) is 45.2 Å². The lowest BCUT2D eigenvalue weighted by Crippen LogP contribution is -2.40. The van der Waals surface area contributed by atoms with Crippen LogP contribution >= 0.6 is 0 Å². The minimum absolute atomic E-state index is 0.0859. The number of ether oxygens (including phenoxy) is 2. The van der Waals surface area contributed by atoms with Gasteiger partial charge in [-0.3, -0.25) is 4.79 Å². The van der Waals surface area contributed by atoms with Gasteiger partial charge in [0.15, 0.2) is 17.6 Å². The molecule has 1 aromatic heterocycles. The summed E-state index contributed by atoms with van der Waals surface area (Å²) in [4.78, 5) is 15.9. The molecule has 6 nitrogen and oxygen atoms in total. The smallest absolute Gasteiger partial charge is 0.254 e. The van der Waals surface area contributed by atoms with E-state index in [0.29, 0.717) is 23.9 Å². The van der Waals surface area contributed by atoms with Crippen molar-refractivity contribution in [3.63, 3.8) is 0 Å². The zero-order valence-electron chi connectivity index (χ0n) is 25.1. The molecule has 0 amide bonds. The van der Waals surface area contributed by atoms with Crippen LogP contribution in [0, 0.1) is 12.8 Å². The van der Waals surface area contributed by atoms with Gasteiger partial charge in [-0.25, -0.2) is 9.13 Å². The number of aromatic nitrogens is 2. The normalized spacial score (nSPS) is 17.0. The van der Waals surface area contributed by atoms with Crippen LogP contribution in [-0.2, 0) is 19.5 Å². The maximum atomic E-state index is 13.3. The number of carbonyl (C=O) groups is 1. The SMILES string of the molecule is COc1ccc(C(=O)C[n+]2c(C)n(CCCN3C[C@@H]4Cc5ccccc5[C@@H]4c4cccc(OC)c43)c3ccccc32)cc1. The fourth-order valence-corrected chi connectivity index (χ4v) is 7.47. The van der Waals surface area contributed by atoms with E-state index in [1.165, 1.54) is 22.4 Å². The lowest BCUT2D eigenvalue weighted by molar-refractivity contribution is -0.664. The van der Waals surface area contributed by atoms with Crippen LogP contribution in [0.5, 0.6) is 11.5 Å². The van der Waals surface area contributed by atoms with E-state index < -0.39 is 0 Å². The van der Waals surface area contributed by atoms with Gasteiger partial charge in [-0.2, -0.15) is 0 Å². The Balaban J connectivity index is 1.14. The van der Waals surface area contributed by atoms with E-state index in [2.05, 4.69) is 81.6 Å². The first-order valence-corrected chi connectivity index (χ1v) is 15.2. The molecular weight excluding hydrogens is 534 g/mol. The first kappa shape index (κ1) is 27.3. The van der Waals surface area contributed by atoms with Crippen molar-refractivity contribution in [3.05, 3.63) is 119 Å². The van der Waals surface area contributed by atoms with Gasteiger partial charge in [0, 0.05) is 37.9 Å². The average Bonchev–Trinajstić information content (AvgIpc) is 3.55. The van der Waals surface area contributed by atoms with Crippen molar-refractivity contribution >= 4 is 22.5 Å². The lowest BCUT2D eigenvalue weighted by atomic mass is 9.81. The zero-order valence-corrected chi connectivity index (χ0v) is 25.1. The van der Waals surface area contributed by atoms with E-state index in [1.54, 1.807) is 14.2 Å². The Morgan fingerprint density at radius 1 is 0.860 bits per heavy atom. The second-order valence-corrected chi connectivity index (χ2v) is 11.8. The predicted octanol–water partition coefficient (Wildman–Crippen LogP) is 6.35. The summed E-state index contributed by atoms with van der Waals surface area (Å²) in [5, 5.41) is 0. The number of Topliss-reactive ketones (excluding diaryl/α,β-unsaturated/α-hetero) is 1. The first-order chi connectivity index (χ1) is 21.1. The number of nitrogens with zero attached hydrogens (tertiary/aromatic N) is 3. The molecule has 1 aliphatic carbocycles. The number of para-hydroxylation sites is 3. The van der Waals surface area contributed by atoms with Crippen molar-refractivity contribution in [2.45, 2.75) is 38.8 Å². The van der Waals surface area contributed by atoms with Crippen molar-refractivity contribution in [2.75, 3.05) is 32.2 Å². The number of carbonyl (C=O) groups excluding carboxylic acids is 1. The van der Waals surface area contributed by atoms with Crippen LogP contribution in [0.15, 0.2) is 91.0 Å². The van der Waals surface area contributed by atoms with Gasteiger partial charge in [0.2, 0.25) is 5.78 Å². The summed E-state index contributed by atoms with van der Waals surface area (Å²) < 4.78 is 15.7. The summed E-state index contributed by atoms with van der Waals surface area (Å²) in [5.74, 6) is 3.87. The number of anilines is 1. The molecule has 0 saturated heterocycles. The Morgan fingerprint density at radius 2 is 1.63 bits per heavy atom. The Kier molecular flexibility index (Phi) is 7.13. The summed E-state index contributed by atoms with van der Waals surface area (Å²) >= 11 is 0. The molecule has 7 rings (SSSR count). The average molecular weight is 573 g/mol. The third kappa shape index (κ3) is 4.75. The second kappa shape index (κ2) is 11.3. The molecule has 0 bridgehead atoms. The molecule has 0 unspecified atom stereocenters. The summed E-state index contributed by atoms with van der Waals surface area (Å²) in [7, 11) is 3.42. The molecule has 218 valence electrons. The van der Waals surface area contributed by atoms with E-state index >= 15 is 0 Å². The maximum absolute atomic E-state index is 13.3. The van der Waals surface area contributed by atoms with Crippen LogP contribution in [0.4, 0.5) is 5.69 Å². The van der Waals surface area contributed by atoms with Gasteiger partial charge in [0.05, 0.1) is 26.5 Å². The number of rotatable bonds is 9. The molecule has 0 saturated carbocycles.